The summed E-state index contributed by atoms with van der Waals surface area (Å²) < 4.78 is 0. The Morgan fingerprint density at radius 2 is 1.62 bits per heavy atom. The van der Waals surface area contributed by atoms with E-state index in [1.807, 2.05) is 39.8 Å². The molecule has 0 heterocycles. The zero-order valence-electron chi connectivity index (χ0n) is 18.4. The van der Waals surface area contributed by atoms with E-state index in [0.717, 1.165) is 62.1 Å². The van der Waals surface area contributed by atoms with Crippen molar-refractivity contribution in [1.82, 2.24) is 15.3 Å². The van der Waals surface area contributed by atoms with E-state index in [1.165, 1.54) is 0 Å². The van der Waals surface area contributed by atoms with Crippen LogP contribution >= 0.6 is 9.39 Å². The van der Waals surface area contributed by atoms with Gasteiger partial charge in [-0.25, -0.2) is 4.79 Å². The number of hydrogen-bond acceptors (Lipinski definition) is 4. The molecule has 1 aromatic rings. The maximum Gasteiger partial charge on any atom is 0.319 e. The first kappa shape index (κ1) is 25.3. The van der Waals surface area contributed by atoms with Crippen molar-refractivity contribution in [2.45, 2.75) is 53.4 Å². The van der Waals surface area contributed by atoms with E-state index in [1.54, 1.807) is 0 Å². The van der Waals surface area contributed by atoms with E-state index in [0.29, 0.717) is 18.8 Å². The Labute approximate surface area is 178 Å². The third-order valence-electron chi connectivity index (χ3n) is 4.98. The van der Waals surface area contributed by atoms with Crippen LogP contribution in [-0.4, -0.2) is 49.6 Å². The Bertz CT molecular complexity index is 650. The van der Waals surface area contributed by atoms with Crippen LogP contribution in [0.4, 0.5) is 16.2 Å². The summed E-state index contributed by atoms with van der Waals surface area (Å²) in [7, 11) is 2.51. The number of unbranched alkanes of at least 4 members (excludes halogenated alkanes) is 3. The molecule has 7 nitrogen and oxygen atoms in total. The van der Waals surface area contributed by atoms with Gasteiger partial charge in [0, 0.05) is 17.9 Å². The number of aryl methyl sites for hydroxylation is 1. The van der Waals surface area contributed by atoms with Crippen molar-refractivity contribution in [3.05, 3.63) is 23.3 Å². The van der Waals surface area contributed by atoms with Gasteiger partial charge in [0.15, 0.2) is 0 Å². The molecule has 164 valence electrons. The molecule has 1 rings (SSSR count). The first-order chi connectivity index (χ1) is 13.9. The van der Waals surface area contributed by atoms with Crippen LogP contribution in [0.3, 0.4) is 0 Å². The molecule has 8 heteroatoms. The van der Waals surface area contributed by atoms with Crippen molar-refractivity contribution in [2.75, 3.05) is 43.4 Å². The van der Waals surface area contributed by atoms with Gasteiger partial charge in [0.1, 0.15) is 0 Å². The van der Waals surface area contributed by atoms with Gasteiger partial charge in [-0.3, -0.25) is 9.69 Å². The number of hydrogen-bond donors (Lipinski definition) is 4. The molecule has 0 bridgehead atoms. The second-order valence-corrected chi connectivity index (χ2v) is 7.60. The van der Waals surface area contributed by atoms with E-state index in [-0.39, 0.29) is 11.9 Å². The quantitative estimate of drug-likeness (QED) is 0.288. The first-order valence-corrected chi connectivity index (χ1v) is 11.1. The summed E-state index contributed by atoms with van der Waals surface area (Å²) in [4.78, 5) is 26.7. The molecule has 0 spiro atoms. The van der Waals surface area contributed by atoms with Crippen molar-refractivity contribution in [3.8, 4) is 0 Å². The van der Waals surface area contributed by atoms with Crippen LogP contribution in [0.5, 0.6) is 0 Å². The number of benzene rings is 1. The van der Waals surface area contributed by atoms with E-state index in [9.17, 15) is 9.59 Å². The summed E-state index contributed by atoms with van der Waals surface area (Å²) in [5, 5.41) is 11.9. The highest BCUT2D eigenvalue weighted by molar-refractivity contribution is 7.13. The monoisotopic (exact) mass is 423 g/mol. The Morgan fingerprint density at radius 3 is 2.24 bits per heavy atom. The van der Waals surface area contributed by atoms with Gasteiger partial charge < -0.3 is 21.0 Å². The molecule has 0 fully saturated rings. The SMILES string of the molecule is CCN(CC)CC(=O)Nc1c(C)ccc(NC(=O)NCCCCCCNP)c1C. The van der Waals surface area contributed by atoms with Crippen molar-refractivity contribution < 1.29 is 9.59 Å². The third kappa shape index (κ3) is 9.57. The number of nitrogens with one attached hydrogen (secondary N) is 4. The number of rotatable bonds is 13. The van der Waals surface area contributed by atoms with Gasteiger partial charge in [0.05, 0.1) is 6.54 Å². The van der Waals surface area contributed by atoms with E-state index in [4.69, 9.17) is 0 Å². The molecule has 0 saturated carbocycles. The van der Waals surface area contributed by atoms with Crippen LogP contribution in [0.25, 0.3) is 0 Å². The molecule has 1 unspecified atom stereocenters. The highest BCUT2D eigenvalue weighted by atomic mass is 31.0. The predicted octanol–water partition coefficient (Wildman–Crippen LogP) is 3.65. The number of urea groups is 1. The molecule has 0 radical (unpaired) electrons. The maximum absolute atomic E-state index is 12.4. The Kier molecular flexibility index (Phi) is 12.5. The van der Waals surface area contributed by atoms with Crippen LogP contribution in [-0.2, 0) is 4.79 Å². The molecule has 3 amide bonds. The van der Waals surface area contributed by atoms with Crippen LogP contribution in [0.1, 0.15) is 50.7 Å². The fourth-order valence-electron chi connectivity index (χ4n) is 3.08. The third-order valence-corrected chi connectivity index (χ3v) is 5.27. The number of nitrogens with zero attached hydrogens (tertiary/aromatic N) is 1. The molecule has 1 aromatic carbocycles. The second kappa shape index (κ2) is 14.3. The zero-order chi connectivity index (χ0) is 21.6. The van der Waals surface area contributed by atoms with Crippen LogP contribution < -0.4 is 21.0 Å². The number of likely N-dealkylation sites (N-methyl/N-ethyl adjacent to an activating group) is 1. The van der Waals surface area contributed by atoms with Gasteiger partial charge in [0.25, 0.3) is 0 Å². The standard InChI is InChI=1S/C21H38N5O2P/c1-5-26(6-2)15-19(27)25-20-16(3)11-12-18(17(20)4)24-21(28)22-13-9-7-8-10-14-23-29/h11-12,23H,5-10,13-15,29H2,1-4H3,(H,25,27)(H2,22,24,28). The molecule has 29 heavy (non-hydrogen) atoms. The van der Waals surface area contributed by atoms with E-state index >= 15 is 0 Å². The number of amides is 3. The van der Waals surface area contributed by atoms with Crippen LogP contribution in [0, 0.1) is 13.8 Å². The normalized spacial score (nSPS) is 10.8. The molecule has 0 aliphatic rings. The van der Waals surface area contributed by atoms with Gasteiger partial charge >= 0.3 is 6.03 Å². The van der Waals surface area contributed by atoms with Crippen molar-refractivity contribution >= 4 is 32.7 Å². The van der Waals surface area contributed by atoms with Crippen molar-refractivity contribution in [1.29, 1.82) is 0 Å². The summed E-state index contributed by atoms with van der Waals surface area (Å²) in [6.07, 6.45) is 4.35. The lowest BCUT2D eigenvalue weighted by atomic mass is 10.1. The highest BCUT2D eigenvalue weighted by Gasteiger charge is 2.14. The fourth-order valence-corrected chi connectivity index (χ4v) is 3.28. The van der Waals surface area contributed by atoms with Crippen LogP contribution in [0.15, 0.2) is 12.1 Å². The average Bonchev–Trinajstić information content (AvgIpc) is 2.70. The summed E-state index contributed by atoms with van der Waals surface area (Å²) in [6.45, 7) is 11.6. The van der Waals surface area contributed by atoms with Gasteiger partial charge in [-0.1, -0.05) is 42.1 Å². The largest absolute Gasteiger partial charge is 0.338 e. The molecule has 1 atom stereocenters. The average molecular weight is 424 g/mol. The molecular formula is C21H38N5O2P. The van der Waals surface area contributed by atoms with Gasteiger partial charge in [-0.2, -0.15) is 0 Å². The summed E-state index contributed by atoms with van der Waals surface area (Å²) in [6, 6.07) is 3.57. The Hall–Kier alpha value is -1.69. The minimum Gasteiger partial charge on any atom is -0.338 e. The Morgan fingerprint density at radius 1 is 0.966 bits per heavy atom. The van der Waals surface area contributed by atoms with Gasteiger partial charge in [-0.15, -0.1) is 0 Å². The topological polar surface area (TPSA) is 85.5 Å². The highest BCUT2D eigenvalue weighted by Crippen LogP contribution is 2.27. The molecular weight excluding hydrogens is 385 g/mol. The van der Waals surface area contributed by atoms with E-state index < -0.39 is 0 Å². The Balaban J connectivity index is 2.57. The predicted molar refractivity (Wildman–Crippen MR) is 126 cm³/mol. The minimum atomic E-state index is -0.219. The molecule has 0 aromatic heterocycles. The summed E-state index contributed by atoms with van der Waals surface area (Å²) in [5.41, 5.74) is 3.31. The second-order valence-electron chi connectivity index (χ2n) is 7.19. The van der Waals surface area contributed by atoms with E-state index in [2.05, 4.69) is 35.3 Å². The number of carbonyl (C=O) groups is 2. The fraction of sp³-hybridized carbons (Fsp3) is 0.619. The first-order valence-electron chi connectivity index (χ1n) is 10.5. The van der Waals surface area contributed by atoms with Crippen molar-refractivity contribution in [3.63, 3.8) is 0 Å². The molecule has 0 saturated heterocycles. The lowest BCUT2D eigenvalue weighted by Gasteiger charge is -2.20. The van der Waals surface area contributed by atoms with Gasteiger partial charge in [-0.05, 0) is 63.5 Å². The smallest absolute Gasteiger partial charge is 0.319 e. The number of carbonyl (C=O) groups excluding carboxylic acids is 2. The lowest BCUT2D eigenvalue weighted by molar-refractivity contribution is -0.117. The summed E-state index contributed by atoms with van der Waals surface area (Å²) in [5.74, 6) is -0.0432. The number of anilines is 2. The van der Waals surface area contributed by atoms with Crippen LogP contribution in [0.2, 0.25) is 0 Å². The molecule has 0 aliphatic heterocycles. The lowest BCUT2D eigenvalue weighted by Crippen LogP contribution is -2.33. The molecule has 4 N–H and O–H groups in total. The maximum atomic E-state index is 12.4. The minimum absolute atomic E-state index is 0.0432. The van der Waals surface area contributed by atoms with Crippen molar-refractivity contribution in [2.24, 2.45) is 0 Å². The zero-order valence-corrected chi connectivity index (χ0v) is 19.5. The van der Waals surface area contributed by atoms with Gasteiger partial charge in [0.2, 0.25) is 5.91 Å². The summed E-state index contributed by atoms with van der Waals surface area (Å²) >= 11 is 0. The molecule has 0 aliphatic carbocycles.